The average Bonchev–Trinajstić information content (AvgIpc) is 2.26. The van der Waals surface area contributed by atoms with Gasteiger partial charge in [0.2, 0.25) is 5.91 Å². The lowest BCUT2D eigenvalue weighted by Crippen LogP contribution is -2.48. The Labute approximate surface area is 89.0 Å². The number of carbonyl (C=O) groups is 2. The molecule has 0 aromatic carbocycles. The molecule has 5 heteroatoms. The third kappa shape index (κ3) is 3.71. The van der Waals surface area contributed by atoms with Crippen molar-refractivity contribution in [2.75, 3.05) is 32.7 Å². The average molecular weight is 211 g/mol. The van der Waals surface area contributed by atoms with Crippen molar-refractivity contribution in [2.45, 2.75) is 6.92 Å². The summed E-state index contributed by atoms with van der Waals surface area (Å²) in [6.45, 7) is 6.07. The molecule has 0 aromatic heterocycles. The molecule has 1 amide bonds. The zero-order chi connectivity index (χ0) is 11.3. The van der Waals surface area contributed by atoms with Gasteiger partial charge in [0.05, 0.1) is 5.97 Å². The van der Waals surface area contributed by atoms with Gasteiger partial charge in [0.15, 0.2) is 0 Å². The summed E-state index contributed by atoms with van der Waals surface area (Å²) in [5.74, 6) is -1.59. The van der Waals surface area contributed by atoms with E-state index in [1.165, 1.54) is 0 Å². The van der Waals surface area contributed by atoms with Gasteiger partial charge in [-0.15, -0.1) is 0 Å². The molecule has 1 saturated heterocycles. The quantitative estimate of drug-likeness (QED) is 0.531. The minimum atomic E-state index is -1.34. The van der Waals surface area contributed by atoms with Gasteiger partial charge in [0.25, 0.3) is 0 Å². The monoisotopic (exact) mass is 211 g/mol. The Kier molecular flexibility index (Phi) is 4.30. The highest BCUT2D eigenvalue weighted by molar-refractivity contribution is 5.93. The molecule has 0 aliphatic carbocycles. The van der Waals surface area contributed by atoms with E-state index in [4.69, 9.17) is 0 Å². The van der Waals surface area contributed by atoms with Gasteiger partial charge in [-0.05, 0) is 12.6 Å². The maximum atomic E-state index is 11.4. The third-order valence-electron chi connectivity index (χ3n) is 2.49. The van der Waals surface area contributed by atoms with E-state index >= 15 is 0 Å². The van der Waals surface area contributed by atoms with Crippen LogP contribution in [0.3, 0.4) is 0 Å². The van der Waals surface area contributed by atoms with Gasteiger partial charge >= 0.3 is 0 Å². The summed E-state index contributed by atoms with van der Waals surface area (Å²) >= 11 is 0. The standard InChI is InChI=1S/C10H16N2O3/c1-2-11-5-7-12(8-6-11)9(13)3-4-10(14)15/h3-4H,2,5-8H2,1H3,(H,14,15)/p-1/b4-3-. The summed E-state index contributed by atoms with van der Waals surface area (Å²) in [6, 6.07) is 0. The molecule has 0 atom stereocenters. The lowest BCUT2D eigenvalue weighted by molar-refractivity contribution is -0.297. The summed E-state index contributed by atoms with van der Waals surface area (Å²) in [6.07, 6.45) is 1.82. The Morgan fingerprint density at radius 3 is 2.27 bits per heavy atom. The van der Waals surface area contributed by atoms with Crippen LogP contribution in [0.4, 0.5) is 0 Å². The van der Waals surface area contributed by atoms with E-state index in [1.807, 2.05) is 0 Å². The third-order valence-corrected chi connectivity index (χ3v) is 2.49. The lowest BCUT2D eigenvalue weighted by Gasteiger charge is -2.33. The molecule has 1 fully saturated rings. The number of piperazine rings is 1. The molecule has 0 bridgehead atoms. The molecular formula is C10H15N2O3-. The number of likely N-dealkylation sites (N-methyl/N-ethyl adjacent to an activating group) is 1. The van der Waals surface area contributed by atoms with E-state index in [1.54, 1.807) is 4.90 Å². The normalized spacial score (nSPS) is 18.3. The molecule has 1 aliphatic rings. The number of carbonyl (C=O) groups excluding carboxylic acids is 2. The summed E-state index contributed by atoms with van der Waals surface area (Å²) in [5.41, 5.74) is 0. The first-order chi connectivity index (χ1) is 7.13. The fraction of sp³-hybridized carbons (Fsp3) is 0.600. The molecule has 5 nitrogen and oxygen atoms in total. The second-order valence-corrected chi connectivity index (χ2v) is 3.41. The van der Waals surface area contributed by atoms with Crippen LogP contribution in [0.25, 0.3) is 0 Å². The van der Waals surface area contributed by atoms with Gasteiger partial charge in [-0.3, -0.25) is 4.79 Å². The van der Waals surface area contributed by atoms with Crippen molar-refractivity contribution in [1.82, 2.24) is 9.80 Å². The number of aliphatic carboxylic acids is 1. The highest BCUT2D eigenvalue weighted by atomic mass is 16.4. The molecule has 84 valence electrons. The summed E-state index contributed by atoms with van der Waals surface area (Å²) in [7, 11) is 0. The van der Waals surface area contributed by atoms with E-state index in [0.717, 1.165) is 31.8 Å². The second kappa shape index (κ2) is 5.50. The predicted octanol–water partition coefficient (Wildman–Crippen LogP) is -1.54. The predicted molar refractivity (Wildman–Crippen MR) is 52.8 cm³/mol. The van der Waals surface area contributed by atoms with Gasteiger partial charge in [0, 0.05) is 32.3 Å². The number of rotatable bonds is 3. The van der Waals surface area contributed by atoms with Gasteiger partial charge in [-0.2, -0.15) is 0 Å². The van der Waals surface area contributed by atoms with Crippen molar-refractivity contribution in [3.8, 4) is 0 Å². The van der Waals surface area contributed by atoms with Crippen LogP contribution in [0, 0.1) is 0 Å². The molecule has 0 spiro atoms. The Bertz CT molecular complexity index is 268. The molecule has 0 saturated carbocycles. The van der Waals surface area contributed by atoms with Crippen LogP contribution in [0.15, 0.2) is 12.2 Å². The van der Waals surface area contributed by atoms with Crippen molar-refractivity contribution >= 4 is 11.9 Å². The van der Waals surface area contributed by atoms with Crippen LogP contribution in [-0.2, 0) is 9.59 Å². The molecule has 0 unspecified atom stereocenters. The summed E-state index contributed by atoms with van der Waals surface area (Å²) < 4.78 is 0. The van der Waals surface area contributed by atoms with E-state index in [0.29, 0.717) is 13.1 Å². The van der Waals surface area contributed by atoms with Crippen LogP contribution < -0.4 is 5.11 Å². The van der Waals surface area contributed by atoms with Gasteiger partial charge in [-0.1, -0.05) is 6.92 Å². The lowest BCUT2D eigenvalue weighted by atomic mass is 10.3. The van der Waals surface area contributed by atoms with Gasteiger partial charge in [-0.25, -0.2) is 0 Å². The Morgan fingerprint density at radius 2 is 1.80 bits per heavy atom. The fourth-order valence-corrected chi connectivity index (χ4v) is 1.53. The number of hydrogen-bond donors (Lipinski definition) is 0. The summed E-state index contributed by atoms with van der Waals surface area (Å²) in [5, 5.41) is 10.1. The Balaban J connectivity index is 2.39. The van der Waals surface area contributed by atoms with E-state index in [2.05, 4.69) is 11.8 Å². The van der Waals surface area contributed by atoms with Crippen molar-refractivity contribution < 1.29 is 14.7 Å². The number of nitrogens with zero attached hydrogens (tertiary/aromatic N) is 2. The Hall–Kier alpha value is -1.36. The zero-order valence-corrected chi connectivity index (χ0v) is 8.81. The van der Waals surface area contributed by atoms with Gasteiger partial charge in [0.1, 0.15) is 0 Å². The SMILES string of the molecule is CCN1CCN(C(=O)/C=C\C(=O)[O-])CC1. The first kappa shape index (κ1) is 11.7. The molecule has 15 heavy (non-hydrogen) atoms. The smallest absolute Gasteiger partial charge is 0.246 e. The first-order valence-corrected chi connectivity index (χ1v) is 5.03. The van der Waals surface area contributed by atoms with Crippen LogP contribution in [0.2, 0.25) is 0 Å². The summed E-state index contributed by atoms with van der Waals surface area (Å²) in [4.78, 5) is 25.4. The minimum absolute atomic E-state index is 0.255. The van der Waals surface area contributed by atoms with E-state index < -0.39 is 5.97 Å². The molecule has 1 heterocycles. The number of carboxylic acids is 1. The van der Waals surface area contributed by atoms with Crippen LogP contribution >= 0.6 is 0 Å². The van der Waals surface area contributed by atoms with Crippen molar-refractivity contribution in [3.05, 3.63) is 12.2 Å². The number of amides is 1. The molecule has 1 rings (SSSR count). The van der Waals surface area contributed by atoms with Crippen LogP contribution in [0.5, 0.6) is 0 Å². The maximum Gasteiger partial charge on any atom is 0.246 e. The molecule has 0 radical (unpaired) electrons. The molecule has 1 aliphatic heterocycles. The maximum absolute atomic E-state index is 11.4. The topological polar surface area (TPSA) is 63.7 Å². The van der Waals surface area contributed by atoms with Gasteiger partial charge < -0.3 is 19.7 Å². The first-order valence-electron chi connectivity index (χ1n) is 5.03. The largest absolute Gasteiger partial charge is 0.545 e. The second-order valence-electron chi connectivity index (χ2n) is 3.41. The number of hydrogen-bond acceptors (Lipinski definition) is 4. The van der Waals surface area contributed by atoms with Crippen molar-refractivity contribution in [3.63, 3.8) is 0 Å². The minimum Gasteiger partial charge on any atom is -0.545 e. The van der Waals surface area contributed by atoms with Crippen molar-refractivity contribution in [1.29, 1.82) is 0 Å². The number of carboxylic acid groups (broad SMARTS) is 1. The van der Waals surface area contributed by atoms with E-state index in [9.17, 15) is 14.7 Å². The van der Waals surface area contributed by atoms with Crippen LogP contribution in [-0.4, -0.2) is 54.4 Å². The highest BCUT2D eigenvalue weighted by Gasteiger charge is 2.17. The zero-order valence-electron chi connectivity index (χ0n) is 8.81. The molecular weight excluding hydrogens is 196 g/mol. The fourth-order valence-electron chi connectivity index (χ4n) is 1.53. The molecule has 0 N–H and O–H groups in total. The molecule has 0 aromatic rings. The van der Waals surface area contributed by atoms with E-state index in [-0.39, 0.29) is 5.91 Å². The van der Waals surface area contributed by atoms with Crippen LogP contribution in [0.1, 0.15) is 6.92 Å². The highest BCUT2D eigenvalue weighted by Crippen LogP contribution is 2.01. The Morgan fingerprint density at radius 1 is 1.20 bits per heavy atom. The van der Waals surface area contributed by atoms with Crippen molar-refractivity contribution in [2.24, 2.45) is 0 Å².